The quantitative estimate of drug-likeness (QED) is 0.613. The largest absolute Gasteiger partial charge is 0.481 e. The molecule has 1 aromatic heterocycles. The molecule has 0 aromatic carbocycles. The zero-order valence-corrected chi connectivity index (χ0v) is 6.60. The fourth-order valence-corrected chi connectivity index (χ4v) is 0.974. The first-order chi connectivity index (χ1) is 6.11. The van der Waals surface area contributed by atoms with Gasteiger partial charge in [-0.2, -0.15) is 5.10 Å². The molecule has 1 rings (SSSR count). The van der Waals surface area contributed by atoms with Gasteiger partial charge in [-0.15, -0.1) is 0 Å². The Kier molecular flexibility index (Phi) is 2.63. The summed E-state index contributed by atoms with van der Waals surface area (Å²) in [4.78, 5) is 20.9. The summed E-state index contributed by atoms with van der Waals surface area (Å²) in [5.41, 5.74) is 0.370. The normalized spacial score (nSPS) is 12.3. The van der Waals surface area contributed by atoms with Crippen LogP contribution in [-0.4, -0.2) is 32.3 Å². The van der Waals surface area contributed by atoms with E-state index in [4.69, 9.17) is 10.2 Å². The first-order valence-electron chi connectivity index (χ1n) is 3.54. The smallest absolute Gasteiger partial charge is 0.311 e. The summed E-state index contributed by atoms with van der Waals surface area (Å²) in [6.45, 7) is 0. The Morgan fingerprint density at radius 2 is 2.23 bits per heavy atom. The molecular weight excluding hydrogens is 176 g/mol. The molecule has 1 unspecified atom stereocenters. The van der Waals surface area contributed by atoms with Gasteiger partial charge in [-0.3, -0.25) is 14.7 Å². The Bertz CT molecular complexity index is 306. The molecule has 0 saturated heterocycles. The lowest BCUT2D eigenvalue weighted by Crippen LogP contribution is -2.15. The van der Waals surface area contributed by atoms with Crippen LogP contribution in [0.15, 0.2) is 12.4 Å². The van der Waals surface area contributed by atoms with Crippen molar-refractivity contribution in [3.8, 4) is 0 Å². The Labute approximate surface area is 73.2 Å². The summed E-state index contributed by atoms with van der Waals surface area (Å²) in [5.74, 6) is -3.34. The highest BCUT2D eigenvalue weighted by Crippen LogP contribution is 2.18. The second-order valence-electron chi connectivity index (χ2n) is 2.52. The molecule has 6 nitrogen and oxygen atoms in total. The predicted octanol–water partition coefficient (Wildman–Crippen LogP) is 0.0526. The van der Waals surface area contributed by atoms with Crippen molar-refractivity contribution in [2.45, 2.75) is 12.3 Å². The summed E-state index contributed by atoms with van der Waals surface area (Å²) in [6, 6.07) is 0. The van der Waals surface area contributed by atoms with Crippen LogP contribution in [0.3, 0.4) is 0 Å². The molecule has 0 amide bonds. The average molecular weight is 184 g/mol. The molecule has 1 heterocycles. The van der Waals surface area contributed by atoms with Gasteiger partial charge >= 0.3 is 11.9 Å². The minimum Gasteiger partial charge on any atom is -0.481 e. The molecule has 13 heavy (non-hydrogen) atoms. The molecule has 0 aliphatic rings. The lowest BCUT2D eigenvalue weighted by molar-refractivity contribution is -0.145. The zero-order chi connectivity index (χ0) is 9.84. The van der Waals surface area contributed by atoms with Crippen molar-refractivity contribution >= 4 is 11.9 Å². The Morgan fingerprint density at radius 1 is 1.54 bits per heavy atom. The standard InChI is InChI=1S/C7H8N2O4/c10-6(11)1-5(7(12)13)4-2-8-9-3-4/h2-3,5H,1H2,(H,8,9)(H,10,11)(H,12,13). The van der Waals surface area contributed by atoms with Crippen molar-refractivity contribution < 1.29 is 19.8 Å². The monoisotopic (exact) mass is 184 g/mol. The van der Waals surface area contributed by atoms with Crippen molar-refractivity contribution in [2.75, 3.05) is 0 Å². The summed E-state index contributed by atoms with van der Waals surface area (Å²) >= 11 is 0. The Balaban J connectivity index is 2.81. The SMILES string of the molecule is O=C(O)CC(C(=O)O)c1cn[nH]c1. The molecule has 0 radical (unpaired) electrons. The molecule has 70 valence electrons. The molecule has 1 aromatic rings. The summed E-state index contributed by atoms with van der Waals surface area (Å²) in [7, 11) is 0. The van der Waals surface area contributed by atoms with Gasteiger partial charge in [0.05, 0.1) is 18.5 Å². The summed E-state index contributed by atoms with van der Waals surface area (Å²) in [5, 5.41) is 23.1. The number of carboxylic acids is 2. The Hall–Kier alpha value is -1.85. The highest BCUT2D eigenvalue weighted by Gasteiger charge is 2.23. The number of aromatic amines is 1. The van der Waals surface area contributed by atoms with Crippen LogP contribution in [0.5, 0.6) is 0 Å². The lowest BCUT2D eigenvalue weighted by atomic mass is 9.99. The van der Waals surface area contributed by atoms with Gasteiger partial charge in [-0.25, -0.2) is 0 Å². The third-order valence-electron chi connectivity index (χ3n) is 1.60. The summed E-state index contributed by atoms with van der Waals surface area (Å²) < 4.78 is 0. The van der Waals surface area contributed by atoms with E-state index >= 15 is 0 Å². The van der Waals surface area contributed by atoms with Gasteiger partial charge in [0.15, 0.2) is 0 Å². The third kappa shape index (κ3) is 2.29. The number of hydrogen-bond donors (Lipinski definition) is 3. The number of carboxylic acid groups (broad SMARTS) is 2. The molecule has 0 spiro atoms. The number of rotatable bonds is 4. The molecule has 0 saturated carbocycles. The Morgan fingerprint density at radius 3 is 2.62 bits per heavy atom. The number of nitrogens with zero attached hydrogens (tertiary/aromatic N) is 1. The van der Waals surface area contributed by atoms with E-state index < -0.39 is 24.3 Å². The molecule has 1 atom stereocenters. The number of H-pyrrole nitrogens is 1. The van der Waals surface area contributed by atoms with Crippen LogP contribution in [0.4, 0.5) is 0 Å². The van der Waals surface area contributed by atoms with Gasteiger partial charge in [-0.1, -0.05) is 0 Å². The zero-order valence-electron chi connectivity index (χ0n) is 6.60. The fourth-order valence-electron chi connectivity index (χ4n) is 0.974. The molecule has 0 aliphatic carbocycles. The van der Waals surface area contributed by atoms with Crippen molar-refractivity contribution in [3.05, 3.63) is 18.0 Å². The van der Waals surface area contributed by atoms with E-state index in [9.17, 15) is 9.59 Å². The van der Waals surface area contributed by atoms with Crippen molar-refractivity contribution in [1.82, 2.24) is 10.2 Å². The maximum Gasteiger partial charge on any atom is 0.311 e. The van der Waals surface area contributed by atoms with Gasteiger partial charge in [-0.05, 0) is 0 Å². The predicted molar refractivity (Wildman–Crippen MR) is 41.2 cm³/mol. The molecule has 0 aliphatic heterocycles. The van der Waals surface area contributed by atoms with Gasteiger partial charge in [0, 0.05) is 11.8 Å². The minimum atomic E-state index is -1.16. The van der Waals surface area contributed by atoms with Crippen LogP contribution >= 0.6 is 0 Å². The lowest BCUT2D eigenvalue weighted by Gasteiger charge is -2.05. The van der Waals surface area contributed by atoms with Crippen LogP contribution in [0.2, 0.25) is 0 Å². The first kappa shape index (κ1) is 9.24. The minimum absolute atomic E-state index is 0.370. The molecule has 0 fully saturated rings. The second-order valence-corrected chi connectivity index (χ2v) is 2.52. The van der Waals surface area contributed by atoms with E-state index in [1.165, 1.54) is 12.4 Å². The highest BCUT2D eigenvalue weighted by molar-refractivity contribution is 5.82. The third-order valence-corrected chi connectivity index (χ3v) is 1.60. The van der Waals surface area contributed by atoms with Gasteiger partial charge in [0.25, 0.3) is 0 Å². The van der Waals surface area contributed by atoms with Gasteiger partial charge in [0.2, 0.25) is 0 Å². The second kappa shape index (κ2) is 3.70. The topological polar surface area (TPSA) is 103 Å². The molecule has 6 heteroatoms. The van der Waals surface area contributed by atoms with Gasteiger partial charge < -0.3 is 10.2 Å². The van der Waals surface area contributed by atoms with Crippen LogP contribution in [0, 0.1) is 0 Å². The van der Waals surface area contributed by atoms with Crippen LogP contribution in [-0.2, 0) is 9.59 Å². The first-order valence-corrected chi connectivity index (χ1v) is 3.54. The fraction of sp³-hybridized carbons (Fsp3) is 0.286. The van der Waals surface area contributed by atoms with Crippen LogP contribution in [0.1, 0.15) is 17.9 Å². The maximum absolute atomic E-state index is 10.6. The van der Waals surface area contributed by atoms with E-state index in [1.54, 1.807) is 0 Å². The van der Waals surface area contributed by atoms with E-state index in [0.29, 0.717) is 5.56 Å². The van der Waals surface area contributed by atoms with Crippen LogP contribution in [0.25, 0.3) is 0 Å². The number of carbonyl (C=O) groups is 2. The van der Waals surface area contributed by atoms with Crippen molar-refractivity contribution in [1.29, 1.82) is 0 Å². The molecule has 0 bridgehead atoms. The van der Waals surface area contributed by atoms with Crippen molar-refractivity contribution in [3.63, 3.8) is 0 Å². The van der Waals surface area contributed by atoms with E-state index in [1.807, 2.05) is 0 Å². The average Bonchev–Trinajstić information content (AvgIpc) is 2.50. The number of nitrogens with one attached hydrogen (secondary N) is 1. The van der Waals surface area contributed by atoms with E-state index in [2.05, 4.69) is 10.2 Å². The maximum atomic E-state index is 10.6. The molecular formula is C7H8N2O4. The highest BCUT2D eigenvalue weighted by atomic mass is 16.4. The molecule has 3 N–H and O–H groups in total. The van der Waals surface area contributed by atoms with Gasteiger partial charge in [0.1, 0.15) is 0 Å². The van der Waals surface area contributed by atoms with E-state index in [0.717, 1.165) is 0 Å². The van der Waals surface area contributed by atoms with Crippen LogP contribution < -0.4 is 0 Å². The van der Waals surface area contributed by atoms with E-state index in [-0.39, 0.29) is 0 Å². The number of aliphatic carboxylic acids is 2. The summed E-state index contributed by atoms with van der Waals surface area (Å²) in [6.07, 6.45) is 2.25. The number of hydrogen-bond acceptors (Lipinski definition) is 3. The number of aromatic nitrogens is 2. The van der Waals surface area contributed by atoms with Crippen molar-refractivity contribution in [2.24, 2.45) is 0 Å².